The Morgan fingerprint density at radius 2 is 1.69 bits per heavy atom. The van der Waals surface area contributed by atoms with Gasteiger partial charge in [0.25, 0.3) is 0 Å². The molecular formula is C21H21N3O2. The van der Waals surface area contributed by atoms with Crippen molar-refractivity contribution in [2.45, 2.75) is 25.7 Å². The summed E-state index contributed by atoms with van der Waals surface area (Å²) >= 11 is 0. The van der Waals surface area contributed by atoms with Crippen molar-refractivity contribution in [3.63, 3.8) is 0 Å². The van der Waals surface area contributed by atoms with Gasteiger partial charge in [-0.15, -0.1) is 0 Å². The van der Waals surface area contributed by atoms with Crippen LogP contribution in [0.25, 0.3) is 0 Å². The SMILES string of the molecule is N#Cc1ccc(NC(=O)C2(C(=O)NCCCc3ccccc3)CC2)cc1. The summed E-state index contributed by atoms with van der Waals surface area (Å²) in [5.41, 5.74) is 1.42. The molecule has 0 radical (unpaired) electrons. The van der Waals surface area contributed by atoms with Gasteiger partial charge in [0.1, 0.15) is 5.41 Å². The summed E-state index contributed by atoms with van der Waals surface area (Å²) in [6.45, 7) is 0.555. The second-order valence-corrected chi connectivity index (χ2v) is 6.57. The quantitative estimate of drug-likeness (QED) is 0.597. The van der Waals surface area contributed by atoms with Gasteiger partial charge in [-0.05, 0) is 55.5 Å². The molecule has 2 aromatic carbocycles. The van der Waals surface area contributed by atoms with Crippen molar-refractivity contribution in [3.8, 4) is 6.07 Å². The highest BCUT2D eigenvalue weighted by molar-refractivity contribution is 6.13. The molecule has 0 atom stereocenters. The zero-order valence-electron chi connectivity index (χ0n) is 14.5. The molecule has 1 aliphatic rings. The molecular weight excluding hydrogens is 326 g/mol. The first-order chi connectivity index (χ1) is 12.6. The molecule has 1 saturated carbocycles. The Kier molecular flexibility index (Phi) is 5.33. The molecule has 5 heteroatoms. The van der Waals surface area contributed by atoms with E-state index in [0.717, 1.165) is 12.8 Å². The predicted octanol–water partition coefficient (Wildman–Crippen LogP) is 3.03. The highest BCUT2D eigenvalue weighted by Gasteiger charge is 2.56. The van der Waals surface area contributed by atoms with E-state index in [1.54, 1.807) is 24.3 Å². The van der Waals surface area contributed by atoms with Crippen LogP contribution in [-0.2, 0) is 16.0 Å². The van der Waals surface area contributed by atoms with Gasteiger partial charge < -0.3 is 10.6 Å². The van der Waals surface area contributed by atoms with Gasteiger partial charge in [-0.1, -0.05) is 30.3 Å². The molecule has 0 heterocycles. The normalized spacial score (nSPS) is 14.1. The van der Waals surface area contributed by atoms with E-state index in [1.165, 1.54) is 5.56 Å². The number of nitrogens with zero attached hydrogens (tertiary/aromatic N) is 1. The maximum Gasteiger partial charge on any atom is 0.240 e. The molecule has 5 nitrogen and oxygen atoms in total. The van der Waals surface area contributed by atoms with E-state index < -0.39 is 5.41 Å². The second-order valence-electron chi connectivity index (χ2n) is 6.57. The van der Waals surface area contributed by atoms with Crippen molar-refractivity contribution in [2.75, 3.05) is 11.9 Å². The largest absolute Gasteiger partial charge is 0.355 e. The highest BCUT2D eigenvalue weighted by atomic mass is 16.2. The first-order valence-electron chi connectivity index (χ1n) is 8.78. The fourth-order valence-corrected chi connectivity index (χ4v) is 2.87. The number of nitrogens with one attached hydrogen (secondary N) is 2. The molecule has 0 spiro atoms. The maximum absolute atomic E-state index is 12.5. The van der Waals surface area contributed by atoms with E-state index >= 15 is 0 Å². The minimum atomic E-state index is -0.944. The van der Waals surface area contributed by atoms with Crippen LogP contribution in [0.2, 0.25) is 0 Å². The Balaban J connectivity index is 1.48. The number of carbonyl (C=O) groups excluding carboxylic acids is 2. The Morgan fingerprint density at radius 1 is 1.00 bits per heavy atom. The molecule has 2 amide bonds. The fraction of sp³-hybridized carbons (Fsp3) is 0.286. The van der Waals surface area contributed by atoms with Crippen molar-refractivity contribution in [2.24, 2.45) is 5.41 Å². The number of nitriles is 1. The topological polar surface area (TPSA) is 82.0 Å². The molecule has 1 fully saturated rings. The summed E-state index contributed by atoms with van der Waals surface area (Å²) in [5.74, 6) is -0.473. The summed E-state index contributed by atoms with van der Waals surface area (Å²) in [4.78, 5) is 25.0. The van der Waals surface area contributed by atoms with Crippen LogP contribution in [0.4, 0.5) is 5.69 Å². The summed E-state index contributed by atoms with van der Waals surface area (Å²) in [7, 11) is 0. The standard InChI is InChI=1S/C21H21N3O2/c22-15-17-8-10-18(11-9-17)24-20(26)21(12-13-21)19(25)23-14-4-7-16-5-2-1-3-6-16/h1-3,5-6,8-11H,4,7,12-14H2,(H,23,25)(H,24,26). The molecule has 0 unspecified atom stereocenters. The number of carbonyl (C=O) groups is 2. The van der Waals surface area contributed by atoms with Crippen molar-refractivity contribution in [1.29, 1.82) is 5.26 Å². The monoisotopic (exact) mass is 347 g/mol. The lowest BCUT2D eigenvalue weighted by atomic mass is 10.0. The molecule has 3 rings (SSSR count). The van der Waals surface area contributed by atoms with Gasteiger partial charge in [0, 0.05) is 12.2 Å². The van der Waals surface area contributed by atoms with Gasteiger partial charge >= 0.3 is 0 Å². The maximum atomic E-state index is 12.5. The van der Waals surface area contributed by atoms with Gasteiger partial charge in [-0.2, -0.15) is 5.26 Å². The minimum Gasteiger partial charge on any atom is -0.355 e. The van der Waals surface area contributed by atoms with Crippen molar-refractivity contribution < 1.29 is 9.59 Å². The average Bonchev–Trinajstić information content (AvgIpc) is 3.49. The summed E-state index contributed by atoms with van der Waals surface area (Å²) < 4.78 is 0. The molecule has 2 aromatic rings. The molecule has 2 N–H and O–H groups in total. The van der Waals surface area contributed by atoms with E-state index in [9.17, 15) is 9.59 Å². The Hall–Kier alpha value is -3.13. The van der Waals surface area contributed by atoms with Crippen LogP contribution < -0.4 is 10.6 Å². The number of rotatable bonds is 7. The molecule has 0 bridgehead atoms. The Morgan fingerprint density at radius 3 is 2.31 bits per heavy atom. The number of benzene rings is 2. The van der Waals surface area contributed by atoms with Gasteiger partial charge in [0.2, 0.25) is 11.8 Å². The summed E-state index contributed by atoms with van der Waals surface area (Å²) in [5, 5.41) is 14.5. The first-order valence-corrected chi connectivity index (χ1v) is 8.78. The van der Waals surface area contributed by atoms with Crippen LogP contribution in [-0.4, -0.2) is 18.4 Å². The van der Waals surface area contributed by atoms with Crippen LogP contribution in [0.3, 0.4) is 0 Å². The third-order valence-corrected chi connectivity index (χ3v) is 4.66. The lowest BCUT2D eigenvalue weighted by molar-refractivity contribution is -0.134. The zero-order chi connectivity index (χ0) is 18.4. The van der Waals surface area contributed by atoms with Crippen molar-refractivity contribution >= 4 is 17.5 Å². The van der Waals surface area contributed by atoms with Crippen molar-refractivity contribution in [3.05, 3.63) is 65.7 Å². The van der Waals surface area contributed by atoms with Crippen molar-refractivity contribution in [1.82, 2.24) is 5.32 Å². The number of aryl methyl sites for hydroxylation is 1. The van der Waals surface area contributed by atoms with E-state index in [2.05, 4.69) is 22.8 Å². The molecule has 26 heavy (non-hydrogen) atoms. The smallest absolute Gasteiger partial charge is 0.240 e. The zero-order valence-corrected chi connectivity index (χ0v) is 14.5. The van der Waals surface area contributed by atoms with Crippen LogP contribution in [0.5, 0.6) is 0 Å². The highest BCUT2D eigenvalue weighted by Crippen LogP contribution is 2.46. The molecule has 0 saturated heterocycles. The average molecular weight is 347 g/mol. The third-order valence-electron chi connectivity index (χ3n) is 4.66. The first kappa shape index (κ1) is 17.7. The van der Waals surface area contributed by atoms with Crippen LogP contribution in [0.1, 0.15) is 30.4 Å². The fourth-order valence-electron chi connectivity index (χ4n) is 2.87. The van der Waals surface area contributed by atoms with Gasteiger partial charge in [-0.25, -0.2) is 0 Å². The molecule has 132 valence electrons. The summed E-state index contributed by atoms with van der Waals surface area (Å²) in [6.07, 6.45) is 2.87. The van der Waals surface area contributed by atoms with E-state index in [1.807, 2.05) is 24.3 Å². The van der Waals surface area contributed by atoms with Gasteiger partial charge in [0.05, 0.1) is 11.6 Å². The lowest BCUT2D eigenvalue weighted by Gasteiger charge is -2.15. The predicted molar refractivity (Wildman–Crippen MR) is 99.2 cm³/mol. The van der Waals surface area contributed by atoms with Crippen LogP contribution in [0, 0.1) is 16.7 Å². The van der Waals surface area contributed by atoms with E-state index in [4.69, 9.17) is 5.26 Å². The number of hydrogen-bond acceptors (Lipinski definition) is 3. The minimum absolute atomic E-state index is 0.197. The number of hydrogen-bond donors (Lipinski definition) is 2. The van der Waals surface area contributed by atoms with Gasteiger partial charge in [-0.3, -0.25) is 9.59 Å². The molecule has 0 aromatic heterocycles. The second kappa shape index (κ2) is 7.83. The summed E-state index contributed by atoms with van der Waals surface area (Å²) in [6, 6.07) is 18.8. The van der Waals surface area contributed by atoms with Gasteiger partial charge in [0.15, 0.2) is 0 Å². The molecule has 0 aliphatic heterocycles. The van der Waals surface area contributed by atoms with Crippen LogP contribution in [0.15, 0.2) is 54.6 Å². The lowest BCUT2D eigenvalue weighted by Crippen LogP contribution is -2.40. The number of anilines is 1. The van der Waals surface area contributed by atoms with E-state index in [-0.39, 0.29) is 11.8 Å². The Bertz CT molecular complexity index is 819. The number of amides is 2. The third kappa shape index (κ3) is 4.09. The van der Waals surface area contributed by atoms with Crippen LogP contribution >= 0.6 is 0 Å². The van der Waals surface area contributed by atoms with E-state index in [0.29, 0.717) is 30.6 Å². The molecule has 1 aliphatic carbocycles. The Labute approximate surface area is 153 Å².